The summed E-state index contributed by atoms with van der Waals surface area (Å²) in [5.74, 6) is -0.121. The quantitative estimate of drug-likeness (QED) is 0.476. The van der Waals surface area contributed by atoms with Gasteiger partial charge in [-0.1, -0.05) is 24.3 Å². The summed E-state index contributed by atoms with van der Waals surface area (Å²) in [6, 6.07) is 11.4. The predicted molar refractivity (Wildman–Crippen MR) is 82.8 cm³/mol. The third-order valence-electron chi connectivity index (χ3n) is 3.45. The van der Waals surface area contributed by atoms with Crippen LogP contribution in [0.4, 0.5) is 0 Å². The number of methoxy groups -OCH3 is 1. The van der Waals surface area contributed by atoms with Crippen LogP contribution < -0.4 is 4.74 Å². The molecule has 0 unspecified atom stereocenters. The van der Waals surface area contributed by atoms with E-state index in [1.165, 1.54) is 0 Å². The molecule has 2 aromatic carbocycles. The molecule has 0 fully saturated rings. The lowest BCUT2D eigenvalue weighted by atomic mass is 9.98. The van der Waals surface area contributed by atoms with Crippen molar-refractivity contribution in [2.75, 3.05) is 20.3 Å². The van der Waals surface area contributed by atoms with E-state index in [2.05, 4.69) is 4.84 Å². The van der Waals surface area contributed by atoms with Crippen molar-refractivity contribution < 1.29 is 24.3 Å². The molecule has 0 heterocycles. The maximum Gasteiger partial charge on any atom is 0.313 e. The van der Waals surface area contributed by atoms with Gasteiger partial charge in [0.1, 0.15) is 19.0 Å². The molecular weight excluding hydrogens is 302 g/mol. The minimum absolute atomic E-state index is 0.118. The van der Waals surface area contributed by atoms with Gasteiger partial charge in [-0.3, -0.25) is 9.63 Å². The third-order valence-corrected chi connectivity index (χ3v) is 3.45. The van der Waals surface area contributed by atoms with Crippen LogP contribution in [0.1, 0.15) is 18.4 Å². The molecule has 0 amide bonds. The molecule has 0 spiro atoms. The van der Waals surface area contributed by atoms with Crippen LogP contribution in [0.2, 0.25) is 0 Å². The summed E-state index contributed by atoms with van der Waals surface area (Å²) >= 11 is 0. The van der Waals surface area contributed by atoms with E-state index in [1.54, 1.807) is 14.0 Å². The van der Waals surface area contributed by atoms with Gasteiger partial charge in [-0.15, -0.1) is 5.39 Å². The molecule has 0 radical (unpaired) electrons. The van der Waals surface area contributed by atoms with Gasteiger partial charge in [0.2, 0.25) is 0 Å². The van der Waals surface area contributed by atoms with E-state index in [0.29, 0.717) is 0 Å². The summed E-state index contributed by atoms with van der Waals surface area (Å²) in [6.07, 6.45) is 0. The number of carbonyl (C=O) groups is 1. The lowest BCUT2D eigenvalue weighted by Crippen LogP contribution is -2.19. The number of nitrogens with zero attached hydrogens (tertiary/aromatic N) is 1. The van der Waals surface area contributed by atoms with Crippen LogP contribution >= 0.6 is 0 Å². The minimum Gasteiger partial charge on any atom is -0.738 e. The second-order valence-electron chi connectivity index (χ2n) is 4.93. The Balaban J connectivity index is 2.02. The molecule has 0 saturated heterocycles. The van der Waals surface area contributed by atoms with Crippen molar-refractivity contribution in [2.24, 2.45) is 0 Å². The Hall–Kier alpha value is -2.19. The highest BCUT2D eigenvalue weighted by Crippen LogP contribution is 2.25. The highest BCUT2D eigenvalue weighted by atomic mass is 17.1. The second kappa shape index (κ2) is 7.89. The minimum atomic E-state index is -0.672. The standard InChI is InChI=1S/C16H18NO6/c1-11(16(18)22-7-8-23-17(19)20)12-3-4-14-10-15(21-2)6-5-13(14)9-12/h3-6,9-11,19H,7-8H2,1-2H3/q-1/t11-/m0/s1. The molecule has 0 saturated carbocycles. The zero-order valence-corrected chi connectivity index (χ0v) is 12.9. The number of fused-ring (bicyclic) bond motifs is 1. The van der Waals surface area contributed by atoms with Crippen LogP contribution in [-0.2, 0) is 14.4 Å². The lowest BCUT2D eigenvalue weighted by molar-refractivity contribution is -0.308. The Morgan fingerprint density at radius 1 is 1.22 bits per heavy atom. The van der Waals surface area contributed by atoms with Gasteiger partial charge in [-0.05, 0) is 35.4 Å². The molecule has 7 nitrogen and oxygen atoms in total. The van der Waals surface area contributed by atoms with E-state index in [4.69, 9.17) is 14.7 Å². The van der Waals surface area contributed by atoms with Crippen LogP contribution in [0.5, 0.6) is 5.75 Å². The lowest BCUT2D eigenvalue weighted by Gasteiger charge is -2.18. The normalized spacial score (nSPS) is 12.4. The van der Waals surface area contributed by atoms with Gasteiger partial charge in [0.25, 0.3) is 0 Å². The van der Waals surface area contributed by atoms with Crippen molar-refractivity contribution in [3.63, 3.8) is 0 Å². The van der Waals surface area contributed by atoms with Gasteiger partial charge in [0.05, 0.1) is 13.0 Å². The largest absolute Gasteiger partial charge is 0.738 e. The Labute approximate surface area is 133 Å². The van der Waals surface area contributed by atoms with Crippen molar-refractivity contribution in [3.05, 3.63) is 47.2 Å². The SMILES string of the molecule is COc1ccc2cc([C@H](C)C(=O)OCCON([O-])O)ccc2c1. The first-order chi connectivity index (χ1) is 11.0. The predicted octanol–water partition coefficient (Wildman–Crippen LogP) is 2.62. The number of hydrogen-bond donors (Lipinski definition) is 1. The zero-order chi connectivity index (χ0) is 16.8. The van der Waals surface area contributed by atoms with Gasteiger partial charge >= 0.3 is 5.97 Å². The van der Waals surface area contributed by atoms with Crippen LogP contribution in [0, 0.1) is 5.21 Å². The Kier molecular flexibility index (Phi) is 5.89. The van der Waals surface area contributed by atoms with Gasteiger partial charge < -0.3 is 19.9 Å². The van der Waals surface area contributed by atoms with Crippen LogP contribution in [-0.4, -0.2) is 36.9 Å². The molecule has 7 heteroatoms. The molecule has 2 aromatic rings. The Bertz CT molecular complexity index is 673. The number of carbonyl (C=O) groups excluding carboxylic acids is 1. The number of hydrogen-bond acceptors (Lipinski definition) is 7. The summed E-state index contributed by atoms with van der Waals surface area (Å²) in [7, 11) is 1.61. The summed E-state index contributed by atoms with van der Waals surface area (Å²) in [6.45, 7) is 1.41. The monoisotopic (exact) mass is 320 g/mol. The van der Waals surface area contributed by atoms with E-state index in [-0.39, 0.29) is 13.2 Å². The first-order valence-corrected chi connectivity index (χ1v) is 7.04. The number of benzene rings is 2. The van der Waals surface area contributed by atoms with Gasteiger partial charge in [0, 0.05) is 0 Å². The molecule has 1 N–H and O–H groups in total. The van der Waals surface area contributed by atoms with Crippen molar-refractivity contribution in [1.29, 1.82) is 0 Å². The van der Waals surface area contributed by atoms with E-state index in [1.807, 2.05) is 36.4 Å². The van der Waals surface area contributed by atoms with Crippen molar-refractivity contribution in [1.82, 2.24) is 5.39 Å². The molecular formula is C16H18NO6-. The summed E-state index contributed by atoms with van der Waals surface area (Å²) in [4.78, 5) is 16.2. The third kappa shape index (κ3) is 4.64. The van der Waals surface area contributed by atoms with Gasteiger partial charge in [0.15, 0.2) is 0 Å². The van der Waals surface area contributed by atoms with Gasteiger partial charge in [-0.2, -0.15) is 0 Å². The molecule has 1 atom stereocenters. The highest BCUT2D eigenvalue weighted by molar-refractivity contribution is 5.86. The summed E-state index contributed by atoms with van der Waals surface area (Å²) < 4.78 is 10.2. The summed E-state index contributed by atoms with van der Waals surface area (Å²) in [5.41, 5.74) is 0.821. The fourth-order valence-corrected chi connectivity index (χ4v) is 2.16. The van der Waals surface area contributed by atoms with E-state index in [0.717, 1.165) is 22.1 Å². The maximum atomic E-state index is 12.0. The number of ether oxygens (including phenoxy) is 2. The van der Waals surface area contributed by atoms with Gasteiger partial charge in [-0.25, -0.2) is 0 Å². The van der Waals surface area contributed by atoms with E-state index in [9.17, 15) is 10.0 Å². The maximum absolute atomic E-state index is 12.0. The first kappa shape index (κ1) is 17.2. The van der Waals surface area contributed by atoms with E-state index >= 15 is 0 Å². The second-order valence-corrected chi connectivity index (χ2v) is 4.93. The molecule has 0 aromatic heterocycles. The van der Waals surface area contributed by atoms with E-state index < -0.39 is 17.3 Å². The highest BCUT2D eigenvalue weighted by Gasteiger charge is 2.17. The van der Waals surface area contributed by atoms with Crippen molar-refractivity contribution in [3.8, 4) is 5.75 Å². The molecule has 23 heavy (non-hydrogen) atoms. The van der Waals surface area contributed by atoms with Crippen LogP contribution in [0.15, 0.2) is 36.4 Å². The first-order valence-electron chi connectivity index (χ1n) is 7.04. The van der Waals surface area contributed by atoms with Crippen LogP contribution in [0.25, 0.3) is 10.8 Å². The Morgan fingerprint density at radius 3 is 2.61 bits per heavy atom. The van der Waals surface area contributed by atoms with Crippen molar-refractivity contribution in [2.45, 2.75) is 12.8 Å². The number of rotatable bonds is 7. The van der Waals surface area contributed by atoms with Crippen molar-refractivity contribution >= 4 is 16.7 Å². The average Bonchev–Trinajstić information content (AvgIpc) is 2.56. The smallest absolute Gasteiger partial charge is 0.313 e. The molecule has 0 aliphatic heterocycles. The molecule has 124 valence electrons. The molecule has 0 aliphatic carbocycles. The fourth-order valence-electron chi connectivity index (χ4n) is 2.16. The topological polar surface area (TPSA) is 91.3 Å². The molecule has 0 bridgehead atoms. The molecule has 2 rings (SSSR count). The Morgan fingerprint density at radius 2 is 1.91 bits per heavy atom. The summed E-state index contributed by atoms with van der Waals surface area (Å²) in [5, 5.41) is 19.7. The zero-order valence-electron chi connectivity index (χ0n) is 12.9. The van der Waals surface area contributed by atoms with Crippen LogP contribution in [0.3, 0.4) is 0 Å². The fraction of sp³-hybridized carbons (Fsp3) is 0.312. The number of esters is 1. The average molecular weight is 320 g/mol. The molecule has 0 aliphatic rings.